The lowest BCUT2D eigenvalue weighted by atomic mass is 10.3. The normalized spacial score (nSPS) is 11.0. The molecule has 0 heterocycles. The minimum absolute atomic E-state index is 0.185. The van der Waals surface area contributed by atoms with Crippen molar-refractivity contribution < 1.29 is 17.9 Å². The molecule has 0 atom stereocenters. The van der Waals surface area contributed by atoms with Gasteiger partial charge in [-0.1, -0.05) is 12.1 Å². The first-order valence-corrected chi connectivity index (χ1v) is 6.87. The molecule has 0 unspecified atom stereocenters. The third-order valence-corrected chi connectivity index (χ3v) is 4.24. The molecule has 0 amide bonds. The van der Waals surface area contributed by atoms with Crippen LogP contribution in [-0.4, -0.2) is 34.3 Å². The Balaban J connectivity index is 2.86. The van der Waals surface area contributed by atoms with Crippen LogP contribution in [0.5, 0.6) is 0 Å². The second-order valence-corrected chi connectivity index (χ2v) is 5.79. The van der Waals surface area contributed by atoms with Crippen molar-refractivity contribution in [3.63, 3.8) is 0 Å². The van der Waals surface area contributed by atoms with Gasteiger partial charge in [0.1, 0.15) is 0 Å². The highest BCUT2D eigenvalue weighted by Gasteiger charge is 2.21. The summed E-state index contributed by atoms with van der Waals surface area (Å²) in [6.45, 7) is 0. The van der Waals surface area contributed by atoms with Crippen molar-refractivity contribution in [3.05, 3.63) is 24.3 Å². The number of benzene rings is 1. The molecule has 0 bridgehead atoms. The number of carbonyl (C=O) groups excluding carboxylic acids is 1. The Bertz CT molecular complexity index is 528. The maximum Gasteiger partial charge on any atom is 0.306 e. The molecule has 18 heavy (non-hydrogen) atoms. The quantitative estimate of drug-likeness (QED) is 0.626. The second kappa shape index (κ2) is 5.72. The first kappa shape index (κ1) is 14.3. The van der Waals surface area contributed by atoms with E-state index in [0.29, 0.717) is 11.4 Å². The molecule has 0 radical (unpaired) electrons. The van der Waals surface area contributed by atoms with Gasteiger partial charge in [0, 0.05) is 7.05 Å². The first-order valence-electron chi connectivity index (χ1n) is 5.26. The molecule has 0 aliphatic heterocycles. The Morgan fingerprint density at radius 3 is 2.56 bits per heavy atom. The van der Waals surface area contributed by atoms with Crippen LogP contribution in [0.1, 0.15) is 6.42 Å². The Kier molecular flexibility index (Phi) is 4.55. The summed E-state index contributed by atoms with van der Waals surface area (Å²) < 4.78 is 29.4. The van der Waals surface area contributed by atoms with E-state index in [1.54, 1.807) is 24.3 Å². The summed E-state index contributed by atoms with van der Waals surface area (Å²) in [5.41, 5.74) is 6.46. The van der Waals surface area contributed by atoms with Gasteiger partial charge in [-0.15, -0.1) is 0 Å². The summed E-state index contributed by atoms with van der Waals surface area (Å²) in [7, 11) is -0.971. The molecule has 100 valence electrons. The lowest BCUT2D eigenvalue weighted by Crippen LogP contribution is -2.30. The molecule has 0 spiro atoms. The number of rotatable bonds is 5. The predicted molar refractivity (Wildman–Crippen MR) is 69.7 cm³/mol. The largest absolute Gasteiger partial charge is 0.469 e. The molecule has 0 aliphatic carbocycles. The van der Waals surface area contributed by atoms with E-state index in [9.17, 15) is 13.2 Å². The number of nitrogens with zero attached hydrogens (tertiary/aromatic N) is 1. The summed E-state index contributed by atoms with van der Waals surface area (Å²) in [5.74, 6) is -0.877. The van der Waals surface area contributed by atoms with Gasteiger partial charge in [0.15, 0.2) is 0 Å². The number of nitrogens with two attached hydrogens (primary N) is 1. The van der Waals surface area contributed by atoms with Crippen molar-refractivity contribution in [1.82, 2.24) is 0 Å². The number of hydrogen-bond acceptors (Lipinski definition) is 5. The molecular formula is C11H16N2O4S. The zero-order valence-corrected chi connectivity index (χ0v) is 11.1. The molecular weight excluding hydrogens is 256 g/mol. The fraction of sp³-hybridized carbons (Fsp3) is 0.364. The monoisotopic (exact) mass is 272 g/mol. The van der Waals surface area contributed by atoms with Gasteiger partial charge < -0.3 is 10.5 Å². The summed E-state index contributed by atoms with van der Waals surface area (Å²) in [4.78, 5) is 11.0. The van der Waals surface area contributed by atoms with Crippen LogP contribution in [0.2, 0.25) is 0 Å². The molecule has 0 saturated heterocycles. The zero-order valence-electron chi connectivity index (χ0n) is 10.3. The Morgan fingerprint density at radius 1 is 1.39 bits per heavy atom. The minimum Gasteiger partial charge on any atom is -0.469 e. The fourth-order valence-corrected chi connectivity index (χ4v) is 2.54. The number of ether oxygens (including phenoxy) is 1. The average Bonchev–Trinajstić information content (AvgIpc) is 2.35. The number of sulfonamides is 1. The van der Waals surface area contributed by atoms with Crippen LogP contribution in [-0.2, 0) is 19.6 Å². The molecule has 0 aromatic heterocycles. The highest BCUT2D eigenvalue weighted by Crippen LogP contribution is 2.23. The second-order valence-electron chi connectivity index (χ2n) is 3.67. The topological polar surface area (TPSA) is 89.7 Å². The third kappa shape index (κ3) is 3.36. The van der Waals surface area contributed by atoms with Gasteiger partial charge in [0.2, 0.25) is 10.0 Å². The van der Waals surface area contributed by atoms with Crippen molar-refractivity contribution in [3.8, 4) is 0 Å². The molecule has 0 aliphatic rings. The van der Waals surface area contributed by atoms with E-state index in [2.05, 4.69) is 4.74 Å². The van der Waals surface area contributed by atoms with E-state index < -0.39 is 16.0 Å². The number of esters is 1. The van der Waals surface area contributed by atoms with Gasteiger partial charge in [-0.05, 0) is 12.1 Å². The Labute approximate surface area is 106 Å². The van der Waals surface area contributed by atoms with Crippen LogP contribution < -0.4 is 10.0 Å². The maximum atomic E-state index is 12.0. The van der Waals surface area contributed by atoms with E-state index in [1.807, 2.05) is 0 Å². The van der Waals surface area contributed by atoms with E-state index in [-0.39, 0.29) is 12.2 Å². The summed E-state index contributed by atoms with van der Waals surface area (Å²) in [6, 6.07) is 6.62. The SMILES string of the molecule is COC(=O)CCS(=O)(=O)N(C)c1ccccc1N. The summed E-state index contributed by atoms with van der Waals surface area (Å²) in [6.07, 6.45) is -0.185. The number of carbonyl (C=O) groups is 1. The van der Waals surface area contributed by atoms with Crippen LogP contribution >= 0.6 is 0 Å². The average molecular weight is 272 g/mol. The van der Waals surface area contributed by atoms with Gasteiger partial charge in [0.05, 0.1) is 30.7 Å². The number of anilines is 2. The van der Waals surface area contributed by atoms with Crippen LogP contribution in [0, 0.1) is 0 Å². The summed E-state index contributed by atoms with van der Waals surface area (Å²) >= 11 is 0. The number of methoxy groups -OCH3 is 1. The molecule has 2 N–H and O–H groups in total. The van der Waals surface area contributed by atoms with Gasteiger partial charge >= 0.3 is 5.97 Å². The predicted octanol–water partition coefficient (Wildman–Crippen LogP) is 0.598. The van der Waals surface area contributed by atoms with Crippen molar-refractivity contribution in [1.29, 1.82) is 0 Å². The third-order valence-electron chi connectivity index (χ3n) is 2.49. The van der Waals surface area contributed by atoms with E-state index >= 15 is 0 Å². The van der Waals surface area contributed by atoms with Gasteiger partial charge in [-0.2, -0.15) is 0 Å². The van der Waals surface area contributed by atoms with Crippen LogP contribution in [0.25, 0.3) is 0 Å². The van der Waals surface area contributed by atoms with E-state index in [1.165, 1.54) is 14.2 Å². The lowest BCUT2D eigenvalue weighted by molar-refractivity contribution is -0.140. The number of hydrogen-bond donors (Lipinski definition) is 1. The van der Waals surface area contributed by atoms with Crippen molar-refractivity contribution in [2.75, 3.05) is 29.9 Å². The molecule has 7 heteroatoms. The Morgan fingerprint density at radius 2 is 2.00 bits per heavy atom. The van der Waals surface area contributed by atoms with Crippen molar-refractivity contribution in [2.24, 2.45) is 0 Å². The molecule has 0 fully saturated rings. The first-order chi connectivity index (χ1) is 8.38. The van der Waals surface area contributed by atoms with Gasteiger partial charge in [-0.3, -0.25) is 9.10 Å². The molecule has 1 rings (SSSR count). The van der Waals surface area contributed by atoms with E-state index in [4.69, 9.17) is 5.73 Å². The van der Waals surface area contributed by atoms with Crippen LogP contribution in [0.15, 0.2) is 24.3 Å². The minimum atomic E-state index is -3.59. The molecule has 6 nitrogen and oxygen atoms in total. The van der Waals surface area contributed by atoms with E-state index in [0.717, 1.165) is 4.31 Å². The summed E-state index contributed by atoms with van der Waals surface area (Å²) in [5, 5.41) is 0. The number of para-hydroxylation sites is 2. The molecule has 0 saturated carbocycles. The standard InChI is InChI=1S/C11H16N2O4S/c1-13(10-6-4-3-5-9(10)12)18(15,16)8-7-11(14)17-2/h3-6H,7-8,12H2,1-2H3. The van der Waals surface area contributed by atoms with Crippen molar-refractivity contribution in [2.45, 2.75) is 6.42 Å². The molecule has 1 aromatic rings. The van der Waals surface area contributed by atoms with Crippen molar-refractivity contribution >= 4 is 27.4 Å². The molecule has 1 aromatic carbocycles. The fourth-order valence-electron chi connectivity index (χ4n) is 1.38. The van der Waals surface area contributed by atoms with Crippen LogP contribution in [0.4, 0.5) is 11.4 Å². The van der Waals surface area contributed by atoms with Gasteiger partial charge in [-0.25, -0.2) is 8.42 Å². The number of nitrogen functional groups attached to an aromatic ring is 1. The van der Waals surface area contributed by atoms with Crippen LogP contribution in [0.3, 0.4) is 0 Å². The maximum absolute atomic E-state index is 12.0. The highest BCUT2D eigenvalue weighted by atomic mass is 32.2. The van der Waals surface area contributed by atoms with Gasteiger partial charge in [0.25, 0.3) is 0 Å². The highest BCUT2D eigenvalue weighted by molar-refractivity contribution is 7.92. The smallest absolute Gasteiger partial charge is 0.306 e. The zero-order chi connectivity index (χ0) is 13.8. The lowest BCUT2D eigenvalue weighted by Gasteiger charge is -2.20. The Hall–Kier alpha value is -1.76.